The summed E-state index contributed by atoms with van der Waals surface area (Å²) in [4.78, 5) is 13.1. The van der Waals surface area contributed by atoms with E-state index in [4.69, 9.17) is 0 Å². The summed E-state index contributed by atoms with van der Waals surface area (Å²) in [5.41, 5.74) is 0.883. The third kappa shape index (κ3) is 2.32. The van der Waals surface area contributed by atoms with Crippen LogP contribution in [0.1, 0.15) is 54.9 Å². The maximum Gasteiger partial charge on any atom is 0.179 e. The first-order chi connectivity index (χ1) is 7.72. The summed E-state index contributed by atoms with van der Waals surface area (Å²) in [6.45, 7) is 4.29. The second-order valence-electron chi connectivity index (χ2n) is 4.72. The predicted molar refractivity (Wildman–Crippen MR) is 64.7 cm³/mol. The van der Waals surface area contributed by atoms with Gasteiger partial charge in [-0.1, -0.05) is 31.2 Å². The van der Waals surface area contributed by atoms with Crippen molar-refractivity contribution < 1.29 is 4.79 Å². The molecule has 1 aliphatic carbocycles. The fourth-order valence-corrected chi connectivity index (χ4v) is 3.10. The Morgan fingerprint density at radius 3 is 2.69 bits per heavy atom. The number of hydrogen-bond donors (Lipinski definition) is 0. The molecule has 1 aliphatic rings. The summed E-state index contributed by atoms with van der Waals surface area (Å²) >= 11 is 1.27. The molecule has 0 bridgehead atoms. The van der Waals surface area contributed by atoms with Crippen LogP contribution in [-0.2, 0) is 6.42 Å². The molecule has 0 atom stereocenters. The highest BCUT2D eigenvalue weighted by molar-refractivity contribution is 7.08. The molecule has 0 spiro atoms. The van der Waals surface area contributed by atoms with E-state index < -0.39 is 0 Å². The third-order valence-electron chi connectivity index (χ3n) is 3.50. The summed E-state index contributed by atoms with van der Waals surface area (Å²) in [5.74, 6) is 1.30. The zero-order chi connectivity index (χ0) is 11.5. The number of aryl methyl sites for hydroxylation is 1. The Bertz CT molecular complexity index is 367. The number of Topliss-reactive ketones (excluding diaryl/α,β-unsaturated/α-hetero) is 1. The minimum atomic E-state index is 0.226. The highest BCUT2D eigenvalue weighted by atomic mass is 32.1. The first kappa shape index (κ1) is 11.7. The Hall–Kier alpha value is -0.770. The molecule has 0 saturated heterocycles. The van der Waals surface area contributed by atoms with E-state index in [2.05, 4.69) is 16.5 Å². The number of aromatic nitrogens is 2. The van der Waals surface area contributed by atoms with Crippen LogP contribution in [0.25, 0.3) is 0 Å². The molecule has 16 heavy (non-hydrogen) atoms. The Balaban J connectivity index is 2.07. The van der Waals surface area contributed by atoms with Gasteiger partial charge in [-0.05, 0) is 36.7 Å². The normalized spacial score (nSPS) is 25.6. The number of carbonyl (C=O) groups excluding carboxylic acids is 1. The van der Waals surface area contributed by atoms with Crippen molar-refractivity contribution in [2.45, 2.75) is 46.0 Å². The van der Waals surface area contributed by atoms with Gasteiger partial charge in [0, 0.05) is 5.92 Å². The van der Waals surface area contributed by atoms with Gasteiger partial charge in [0.05, 0.1) is 5.69 Å². The first-order valence-corrected chi connectivity index (χ1v) is 6.85. The lowest BCUT2D eigenvalue weighted by atomic mass is 9.80. The van der Waals surface area contributed by atoms with Crippen molar-refractivity contribution in [2.75, 3.05) is 0 Å². The molecule has 1 fully saturated rings. The van der Waals surface area contributed by atoms with Crippen molar-refractivity contribution >= 4 is 17.3 Å². The smallest absolute Gasteiger partial charge is 0.179 e. The molecule has 88 valence electrons. The molecule has 3 nitrogen and oxygen atoms in total. The molecule has 1 saturated carbocycles. The molecule has 0 N–H and O–H groups in total. The van der Waals surface area contributed by atoms with Crippen LogP contribution in [0.4, 0.5) is 0 Å². The lowest BCUT2D eigenvalue weighted by Crippen LogP contribution is -2.21. The highest BCUT2D eigenvalue weighted by Crippen LogP contribution is 2.31. The van der Waals surface area contributed by atoms with E-state index in [9.17, 15) is 4.79 Å². The van der Waals surface area contributed by atoms with Crippen LogP contribution in [0.5, 0.6) is 0 Å². The molecule has 0 aromatic carbocycles. The fourth-order valence-electron chi connectivity index (χ4n) is 2.33. The Kier molecular flexibility index (Phi) is 3.69. The van der Waals surface area contributed by atoms with E-state index in [1.54, 1.807) is 0 Å². The second-order valence-corrected chi connectivity index (χ2v) is 5.48. The monoisotopic (exact) mass is 238 g/mol. The number of ketones is 1. The van der Waals surface area contributed by atoms with Gasteiger partial charge in [-0.15, -0.1) is 5.10 Å². The summed E-state index contributed by atoms with van der Waals surface area (Å²) in [7, 11) is 0. The van der Waals surface area contributed by atoms with E-state index in [1.807, 2.05) is 6.92 Å². The second kappa shape index (κ2) is 5.04. The number of hydrogen-bond acceptors (Lipinski definition) is 4. The summed E-state index contributed by atoms with van der Waals surface area (Å²) in [5, 5.41) is 4.01. The van der Waals surface area contributed by atoms with Gasteiger partial charge < -0.3 is 0 Å². The van der Waals surface area contributed by atoms with Crippen LogP contribution >= 0.6 is 11.5 Å². The van der Waals surface area contributed by atoms with Crippen LogP contribution in [0.2, 0.25) is 0 Å². The average molecular weight is 238 g/mol. The van der Waals surface area contributed by atoms with Crippen molar-refractivity contribution in [2.24, 2.45) is 11.8 Å². The molecule has 1 aromatic heterocycles. The van der Waals surface area contributed by atoms with Gasteiger partial charge >= 0.3 is 0 Å². The average Bonchev–Trinajstić information content (AvgIpc) is 2.77. The van der Waals surface area contributed by atoms with Gasteiger partial charge in [0.1, 0.15) is 4.88 Å². The molecule has 0 unspecified atom stereocenters. The SMILES string of the molecule is CCc1nnsc1C(=O)C1CCC(C)CC1. The number of nitrogens with zero attached hydrogens (tertiary/aromatic N) is 2. The zero-order valence-corrected chi connectivity index (χ0v) is 10.7. The topological polar surface area (TPSA) is 42.9 Å². The van der Waals surface area contributed by atoms with Gasteiger partial charge in [0.15, 0.2) is 5.78 Å². The van der Waals surface area contributed by atoms with Crippen molar-refractivity contribution in [3.05, 3.63) is 10.6 Å². The van der Waals surface area contributed by atoms with Crippen molar-refractivity contribution in [3.63, 3.8) is 0 Å². The van der Waals surface area contributed by atoms with Crippen molar-refractivity contribution in [1.29, 1.82) is 0 Å². The molecule has 0 aliphatic heterocycles. The van der Waals surface area contributed by atoms with Gasteiger partial charge in [0.25, 0.3) is 0 Å². The lowest BCUT2D eigenvalue weighted by molar-refractivity contribution is 0.0879. The standard InChI is InChI=1S/C12H18N2OS/c1-3-10-12(16-14-13-10)11(15)9-6-4-8(2)5-7-9/h8-9H,3-7H2,1-2H3. The minimum absolute atomic E-state index is 0.226. The Morgan fingerprint density at radius 1 is 1.38 bits per heavy atom. The van der Waals surface area contributed by atoms with E-state index in [-0.39, 0.29) is 5.92 Å². The van der Waals surface area contributed by atoms with Crippen LogP contribution in [-0.4, -0.2) is 15.4 Å². The summed E-state index contributed by atoms with van der Waals surface area (Å²) in [6, 6.07) is 0. The summed E-state index contributed by atoms with van der Waals surface area (Å²) < 4.78 is 3.89. The maximum absolute atomic E-state index is 12.3. The van der Waals surface area contributed by atoms with Crippen LogP contribution < -0.4 is 0 Å². The number of carbonyl (C=O) groups is 1. The molecular formula is C12H18N2OS. The fraction of sp³-hybridized carbons (Fsp3) is 0.750. The van der Waals surface area contributed by atoms with E-state index in [1.165, 1.54) is 24.4 Å². The number of rotatable bonds is 3. The molecule has 1 heterocycles. The molecular weight excluding hydrogens is 220 g/mol. The van der Waals surface area contributed by atoms with Crippen molar-refractivity contribution in [3.8, 4) is 0 Å². The maximum atomic E-state index is 12.3. The summed E-state index contributed by atoms with van der Waals surface area (Å²) in [6.07, 6.45) is 5.26. The first-order valence-electron chi connectivity index (χ1n) is 6.07. The van der Waals surface area contributed by atoms with E-state index in [0.717, 1.165) is 35.8 Å². The lowest BCUT2D eigenvalue weighted by Gasteiger charge is -2.24. The van der Waals surface area contributed by atoms with Crippen LogP contribution in [0, 0.1) is 11.8 Å². The third-order valence-corrected chi connectivity index (χ3v) is 4.28. The molecule has 2 rings (SSSR count). The Labute approximate surface area is 100 Å². The zero-order valence-electron chi connectivity index (χ0n) is 9.90. The minimum Gasteiger partial charge on any atom is -0.293 e. The highest BCUT2D eigenvalue weighted by Gasteiger charge is 2.27. The molecule has 1 aromatic rings. The van der Waals surface area contributed by atoms with Gasteiger partial charge in [-0.2, -0.15) is 0 Å². The largest absolute Gasteiger partial charge is 0.293 e. The van der Waals surface area contributed by atoms with E-state index in [0.29, 0.717) is 5.78 Å². The quantitative estimate of drug-likeness (QED) is 0.760. The predicted octanol–water partition coefficient (Wildman–Crippen LogP) is 3.11. The van der Waals surface area contributed by atoms with Gasteiger partial charge in [-0.25, -0.2) is 0 Å². The molecule has 0 amide bonds. The molecule has 4 heteroatoms. The van der Waals surface area contributed by atoms with Crippen molar-refractivity contribution in [1.82, 2.24) is 9.59 Å². The Morgan fingerprint density at radius 2 is 2.06 bits per heavy atom. The van der Waals surface area contributed by atoms with Crippen LogP contribution in [0.15, 0.2) is 0 Å². The van der Waals surface area contributed by atoms with Gasteiger partial charge in [-0.3, -0.25) is 4.79 Å². The molecule has 0 radical (unpaired) electrons. The van der Waals surface area contributed by atoms with E-state index >= 15 is 0 Å². The van der Waals surface area contributed by atoms with Gasteiger partial charge in [0.2, 0.25) is 0 Å². The van der Waals surface area contributed by atoms with Crippen LogP contribution in [0.3, 0.4) is 0 Å².